The highest BCUT2D eigenvalue weighted by Gasteiger charge is 2.37. The van der Waals surface area contributed by atoms with Gasteiger partial charge in [-0.2, -0.15) is 5.26 Å². The normalized spacial score (nSPS) is 24.5. The Morgan fingerprint density at radius 1 is 1.27 bits per heavy atom. The van der Waals surface area contributed by atoms with Gasteiger partial charge in [-0.25, -0.2) is 4.99 Å². The average molecular weight is 333 g/mol. The van der Waals surface area contributed by atoms with Gasteiger partial charge in [-0.15, -0.1) is 11.8 Å². The van der Waals surface area contributed by atoms with Gasteiger partial charge in [0.2, 0.25) is 5.88 Å². The first-order chi connectivity index (χ1) is 10.7. The van der Waals surface area contributed by atoms with Crippen molar-refractivity contribution in [3.8, 4) is 6.07 Å². The van der Waals surface area contributed by atoms with Crippen LogP contribution in [0.5, 0.6) is 0 Å². The van der Waals surface area contributed by atoms with Crippen molar-refractivity contribution in [1.29, 1.82) is 5.26 Å². The largest absolute Gasteiger partial charge is 0.493 e. The number of nitriles is 1. The molecule has 3 rings (SSSR count). The molecule has 0 saturated heterocycles. The van der Waals surface area contributed by atoms with Crippen molar-refractivity contribution in [2.24, 2.45) is 16.8 Å². The number of aliphatic hydroxyl groups excluding tert-OH is 1. The molecule has 5 heteroatoms. The van der Waals surface area contributed by atoms with E-state index in [1.54, 1.807) is 11.8 Å². The van der Waals surface area contributed by atoms with Gasteiger partial charge in [0, 0.05) is 22.6 Å². The number of thioether (sulfide) groups is 1. The summed E-state index contributed by atoms with van der Waals surface area (Å²) >= 11 is 7.83. The van der Waals surface area contributed by atoms with Gasteiger partial charge in [0.15, 0.2) is 0 Å². The van der Waals surface area contributed by atoms with Crippen LogP contribution in [-0.4, -0.2) is 10.2 Å². The van der Waals surface area contributed by atoms with Crippen LogP contribution in [0.3, 0.4) is 0 Å². The molecule has 1 saturated carbocycles. The number of halogens is 1. The second kappa shape index (κ2) is 6.76. The minimum atomic E-state index is -0.0905. The van der Waals surface area contributed by atoms with Gasteiger partial charge in [-0.05, 0) is 24.5 Å². The number of hydrogen-bond acceptors (Lipinski definition) is 4. The average Bonchev–Trinajstić information content (AvgIpc) is 2.54. The van der Waals surface area contributed by atoms with E-state index >= 15 is 0 Å². The highest BCUT2D eigenvalue weighted by Crippen LogP contribution is 2.42. The zero-order valence-corrected chi connectivity index (χ0v) is 13.7. The Kier molecular flexibility index (Phi) is 4.75. The summed E-state index contributed by atoms with van der Waals surface area (Å²) in [5.74, 6) is 1.04. The molecule has 1 aromatic rings. The number of nitrogens with zero attached hydrogens (tertiary/aromatic N) is 2. The van der Waals surface area contributed by atoms with Crippen molar-refractivity contribution in [3.05, 3.63) is 46.3 Å². The summed E-state index contributed by atoms with van der Waals surface area (Å²) < 4.78 is 0. The van der Waals surface area contributed by atoms with Gasteiger partial charge in [0.25, 0.3) is 0 Å². The molecular weight excluding hydrogens is 316 g/mol. The van der Waals surface area contributed by atoms with E-state index in [4.69, 9.17) is 11.6 Å². The number of hydrogen-bond donors (Lipinski definition) is 1. The van der Waals surface area contributed by atoms with E-state index < -0.39 is 0 Å². The molecule has 1 N–H and O–H groups in total. The standard InChI is InChI=1S/C17H17ClN2OS/c18-15-8-4-1-5-11(15)10-22-17-13-7-3-2-6-12(13)14(9-19)16(21)20-17/h1,4-5,8,12-13,21H,2-3,6-7,10H2. The smallest absolute Gasteiger partial charge is 0.225 e. The van der Waals surface area contributed by atoms with E-state index in [-0.39, 0.29) is 17.7 Å². The van der Waals surface area contributed by atoms with Gasteiger partial charge in [0.05, 0.1) is 10.6 Å². The number of aliphatic hydroxyl groups is 1. The van der Waals surface area contributed by atoms with Crippen LogP contribution in [0.2, 0.25) is 5.02 Å². The van der Waals surface area contributed by atoms with Crippen molar-refractivity contribution >= 4 is 28.4 Å². The fourth-order valence-corrected chi connectivity index (χ4v) is 4.71. The summed E-state index contributed by atoms with van der Waals surface area (Å²) in [5, 5.41) is 21.0. The molecule has 2 atom stereocenters. The summed E-state index contributed by atoms with van der Waals surface area (Å²) in [7, 11) is 0. The first-order valence-corrected chi connectivity index (χ1v) is 8.85. The Labute approximate surface area is 139 Å². The fourth-order valence-electron chi connectivity index (χ4n) is 3.22. The van der Waals surface area contributed by atoms with Crippen LogP contribution in [0.4, 0.5) is 0 Å². The molecule has 0 amide bonds. The number of aliphatic imine (C=N–C) groups is 1. The molecule has 0 bridgehead atoms. The molecular formula is C17H17ClN2OS. The van der Waals surface area contributed by atoms with E-state index in [9.17, 15) is 10.4 Å². The van der Waals surface area contributed by atoms with Crippen LogP contribution < -0.4 is 0 Å². The maximum Gasteiger partial charge on any atom is 0.225 e. The second-order valence-corrected chi connectivity index (χ2v) is 7.08. The lowest BCUT2D eigenvalue weighted by molar-refractivity contribution is 0.313. The van der Waals surface area contributed by atoms with E-state index in [2.05, 4.69) is 11.1 Å². The van der Waals surface area contributed by atoms with Gasteiger partial charge in [-0.3, -0.25) is 0 Å². The lowest BCUT2D eigenvalue weighted by atomic mass is 9.75. The fraction of sp³-hybridized carbons (Fsp3) is 0.412. The number of allylic oxidation sites excluding steroid dienone is 1. The number of benzene rings is 1. The third-order valence-electron chi connectivity index (χ3n) is 4.36. The molecule has 2 unspecified atom stereocenters. The summed E-state index contributed by atoms with van der Waals surface area (Å²) in [4.78, 5) is 4.31. The third-order valence-corrected chi connectivity index (χ3v) is 5.88. The van der Waals surface area contributed by atoms with Crippen molar-refractivity contribution in [3.63, 3.8) is 0 Å². The van der Waals surface area contributed by atoms with E-state index in [1.807, 2.05) is 24.3 Å². The predicted molar refractivity (Wildman–Crippen MR) is 90.9 cm³/mol. The molecule has 0 radical (unpaired) electrons. The maximum absolute atomic E-state index is 10.1. The summed E-state index contributed by atoms with van der Waals surface area (Å²) in [6.45, 7) is 0. The molecule has 22 heavy (non-hydrogen) atoms. The lowest BCUT2D eigenvalue weighted by Gasteiger charge is -2.34. The van der Waals surface area contributed by atoms with Gasteiger partial charge >= 0.3 is 0 Å². The van der Waals surface area contributed by atoms with Crippen LogP contribution in [0.15, 0.2) is 40.7 Å². The van der Waals surface area contributed by atoms with Crippen LogP contribution >= 0.6 is 23.4 Å². The molecule has 1 fully saturated rings. The Balaban J connectivity index is 1.82. The molecule has 114 valence electrons. The highest BCUT2D eigenvalue weighted by molar-refractivity contribution is 8.13. The van der Waals surface area contributed by atoms with Gasteiger partial charge < -0.3 is 5.11 Å². The molecule has 1 heterocycles. The van der Waals surface area contributed by atoms with Crippen LogP contribution in [0, 0.1) is 23.2 Å². The SMILES string of the molecule is N#CC1=C(O)N=C(SCc2ccccc2Cl)C2CCCCC12. The molecule has 1 aliphatic heterocycles. The van der Waals surface area contributed by atoms with Crippen LogP contribution in [-0.2, 0) is 5.75 Å². The molecule has 0 aromatic heterocycles. The second-order valence-electron chi connectivity index (χ2n) is 5.68. The monoisotopic (exact) mass is 332 g/mol. The Bertz CT molecular complexity index is 677. The molecule has 3 nitrogen and oxygen atoms in total. The summed E-state index contributed by atoms with van der Waals surface area (Å²) in [5.41, 5.74) is 1.53. The Hall–Kier alpha value is -1.44. The quantitative estimate of drug-likeness (QED) is 0.821. The minimum absolute atomic E-state index is 0.0905. The molecule has 2 aliphatic rings. The zero-order chi connectivity index (χ0) is 15.5. The Morgan fingerprint density at radius 3 is 2.73 bits per heavy atom. The van der Waals surface area contributed by atoms with Gasteiger partial charge in [0.1, 0.15) is 6.07 Å². The highest BCUT2D eigenvalue weighted by atomic mass is 35.5. The van der Waals surface area contributed by atoms with E-state index in [0.29, 0.717) is 5.57 Å². The van der Waals surface area contributed by atoms with Gasteiger partial charge in [-0.1, -0.05) is 42.6 Å². The van der Waals surface area contributed by atoms with Crippen LogP contribution in [0.25, 0.3) is 0 Å². The van der Waals surface area contributed by atoms with Crippen molar-refractivity contribution in [1.82, 2.24) is 0 Å². The lowest BCUT2D eigenvalue weighted by Crippen LogP contribution is -2.30. The van der Waals surface area contributed by atoms with Crippen molar-refractivity contribution in [2.75, 3.05) is 0 Å². The Morgan fingerprint density at radius 2 is 2.00 bits per heavy atom. The number of rotatable bonds is 2. The van der Waals surface area contributed by atoms with Crippen molar-refractivity contribution < 1.29 is 5.11 Å². The summed E-state index contributed by atoms with van der Waals surface area (Å²) in [6.07, 6.45) is 4.27. The van der Waals surface area contributed by atoms with Crippen LogP contribution in [0.1, 0.15) is 31.2 Å². The third kappa shape index (κ3) is 3.02. The molecule has 0 spiro atoms. The van der Waals surface area contributed by atoms with Crippen molar-refractivity contribution in [2.45, 2.75) is 31.4 Å². The first kappa shape index (κ1) is 15.5. The molecule has 1 aliphatic carbocycles. The summed E-state index contributed by atoms with van der Waals surface area (Å²) in [6, 6.07) is 9.93. The predicted octanol–water partition coefficient (Wildman–Crippen LogP) is 5.08. The number of fused-ring (bicyclic) bond motifs is 1. The van der Waals surface area contributed by atoms with E-state index in [1.165, 1.54) is 0 Å². The molecule has 1 aromatic carbocycles. The minimum Gasteiger partial charge on any atom is -0.493 e. The topological polar surface area (TPSA) is 56.4 Å². The first-order valence-electron chi connectivity index (χ1n) is 7.48. The van der Waals surface area contributed by atoms with E-state index in [0.717, 1.165) is 47.1 Å². The zero-order valence-electron chi connectivity index (χ0n) is 12.1. The maximum atomic E-state index is 10.1.